The molecule has 3 amide bonds. The van der Waals surface area contributed by atoms with Gasteiger partial charge in [-0.3, -0.25) is 9.59 Å². The monoisotopic (exact) mass is 547 g/mol. The van der Waals surface area contributed by atoms with E-state index in [9.17, 15) is 14.4 Å². The number of piperazine rings is 1. The van der Waals surface area contributed by atoms with Crippen molar-refractivity contribution >= 4 is 17.9 Å². The van der Waals surface area contributed by atoms with Crippen molar-refractivity contribution in [1.29, 1.82) is 0 Å². The first kappa shape index (κ1) is 27.5. The van der Waals surface area contributed by atoms with Gasteiger partial charge >= 0.3 is 6.09 Å². The van der Waals surface area contributed by atoms with Gasteiger partial charge in [-0.1, -0.05) is 36.4 Å². The van der Waals surface area contributed by atoms with Crippen LogP contribution >= 0.6 is 0 Å². The molecule has 2 aromatic rings. The number of hydrogen-bond donors (Lipinski definition) is 1. The molecule has 0 radical (unpaired) electrons. The van der Waals surface area contributed by atoms with Crippen LogP contribution in [0.4, 0.5) is 9.18 Å². The minimum atomic E-state index is -0.648. The number of azo groups is 1. The Morgan fingerprint density at radius 3 is 2.65 bits per heavy atom. The van der Waals surface area contributed by atoms with Crippen molar-refractivity contribution in [2.75, 3.05) is 26.2 Å². The Morgan fingerprint density at radius 2 is 1.90 bits per heavy atom. The second-order valence-corrected chi connectivity index (χ2v) is 11.3. The van der Waals surface area contributed by atoms with Gasteiger partial charge in [-0.2, -0.15) is 5.11 Å². The third-order valence-electron chi connectivity index (χ3n) is 7.29. The summed E-state index contributed by atoms with van der Waals surface area (Å²) in [5, 5.41) is 11.3. The standard InChI is InChI=1S/C30H34FN5O4/c1-30(2,3)40-29(39)35-14-15-36(25(18-35)20-8-5-4-6-9-20)28(38)22-16-19(11-12-23(22)31)17-24-26-21(10-7-13-32-26)27(37)34-33-24/h4-6,8-9,11-12,16,24-25,32H,7,10,13-15,17-18H2,1-3H3/t24?,25-/m0/s1. The fourth-order valence-electron chi connectivity index (χ4n) is 5.37. The fraction of sp³-hybridized carbons (Fsp3) is 0.433. The molecule has 3 aliphatic heterocycles. The second kappa shape index (κ2) is 11.2. The van der Waals surface area contributed by atoms with Crippen LogP contribution in [0.5, 0.6) is 0 Å². The lowest BCUT2D eigenvalue weighted by Crippen LogP contribution is -2.53. The van der Waals surface area contributed by atoms with Crippen LogP contribution in [0.1, 0.15) is 61.1 Å². The Balaban J connectivity index is 1.39. The van der Waals surface area contributed by atoms with Crippen molar-refractivity contribution < 1.29 is 23.5 Å². The van der Waals surface area contributed by atoms with Crippen LogP contribution in [0, 0.1) is 5.82 Å². The topological polar surface area (TPSA) is 104 Å². The molecule has 3 aliphatic rings. The van der Waals surface area contributed by atoms with Gasteiger partial charge in [-0.15, -0.1) is 5.11 Å². The molecule has 0 aliphatic carbocycles. The number of rotatable bonds is 4. The van der Waals surface area contributed by atoms with Crippen LogP contribution in [-0.4, -0.2) is 65.5 Å². The lowest BCUT2D eigenvalue weighted by molar-refractivity contribution is -0.115. The third kappa shape index (κ3) is 5.90. The molecule has 3 heterocycles. The SMILES string of the molecule is CC(C)(C)OC(=O)N1CCN(C(=O)c2cc(CC3N=NC(=O)C4=C3NCCC4)ccc2F)[C@H](c2ccccc2)C1. The van der Waals surface area contributed by atoms with Gasteiger partial charge in [-0.25, -0.2) is 9.18 Å². The molecule has 0 spiro atoms. The van der Waals surface area contributed by atoms with Crippen LogP contribution in [0.2, 0.25) is 0 Å². The molecule has 1 saturated heterocycles. The molecule has 1 N–H and O–H groups in total. The number of nitrogens with zero attached hydrogens (tertiary/aromatic N) is 4. The van der Waals surface area contributed by atoms with Gasteiger partial charge in [0.15, 0.2) is 0 Å². The minimum Gasteiger partial charge on any atom is -0.444 e. The van der Waals surface area contributed by atoms with Crippen molar-refractivity contribution in [1.82, 2.24) is 15.1 Å². The first-order valence-corrected chi connectivity index (χ1v) is 13.6. The highest BCUT2D eigenvalue weighted by atomic mass is 19.1. The van der Waals surface area contributed by atoms with E-state index >= 15 is 4.39 Å². The molecule has 9 nitrogen and oxygen atoms in total. The van der Waals surface area contributed by atoms with E-state index in [1.807, 2.05) is 51.1 Å². The maximum Gasteiger partial charge on any atom is 0.410 e. The van der Waals surface area contributed by atoms with Gasteiger partial charge in [0.1, 0.15) is 17.5 Å². The first-order chi connectivity index (χ1) is 19.1. The molecular weight excluding hydrogens is 513 g/mol. The lowest BCUT2D eigenvalue weighted by Gasteiger charge is -2.42. The van der Waals surface area contributed by atoms with Crippen molar-refractivity contribution in [3.8, 4) is 0 Å². The predicted molar refractivity (Wildman–Crippen MR) is 146 cm³/mol. The summed E-state index contributed by atoms with van der Waals surface area (Å²) in [6.45, 7) is 6.90. The number of ether oxygens (including phenoxy) is 1. The van der Waals surface area contributed by atoms with Gasteiger partial charge < -0.3 is 19.9 Å². The normalized spacial score (nSPS) is 21.1. The number of carbonyl (C=O) groups is 3. The van der Waals surface area contributed by atoms with Crippen LogP contribution in [0.15, 0.2) is 70.0 Å². The van der Waals surface area contributed by atoms with E-state index in [0.29, 0.717) is 24.0 Å². The van der Waals surface area contributed by atoms with Crippen molar-refractivity contribution in [2.24, 2.45) is 10.2 Å². The number of halogens is 1. The average Bonchev–Trinajstić information content (AvgIpc) is 2.94. The highest BCUT2D eigenvalue weighted by Gasteiger charge is 2.37. The Bertz CT molecular complexity index is 1370. The molecule has 0 aromatic heterocycles. The zero-order valence-corrected chi connectivity index (χ0v) is 23.0. The molecule has 0 saturated carbocycles. The summed E-state index contributed by atoms with van der Waals surface area (Å²) in [4.78, 5) is 42.1. The van der Waals surface area contributed by atoms with Crippen LogP contribution < -0.4 is 5.32 Å². The van der Waals surface area contributed by atoms with Gasteiger partial charge in [0.25, 0.3) is 11.8 Å². The Kier molecular flexibility index (Phi) is 7.69. The zero-order chi connectivity index (χ0) is 28.4. The molecule has 0 bridgehead atoms. The van der Waals surface area contributed by atoms with Gasteiger partial charge in [0.2, 0.25) is 0 Å². The number of hydrogen-bond acceptors (Lipinski definition) is 6. The van der Waals surface area contributed by atoms with E-state index in [0.717, 1.165) is 24.2 Å². The number of benzene rings is 2. The Morgan fingerprint density at radius 1 is 1.12 bits per heavy atom. The van der Waals surface area contributed by atoms with Gasteiger partial charge in [0, 0.05) is 43.9 Å². The number of nitrogens with one attached hydrogen (secondary N) is 1. The van der Waals surface area contributed by atoms with Crippen molar-refractivity contribution in [3.05, 3.63) is 82.3 Å². The molecule has 1 unspecified atom stereocenters. The maximum absolute atomic E-state index is 15.2. The van der Waals surface area contributed by atoms with E-state index in [4.69, 9.17) is 4.74 Å². The maximum atomic E-state index is 15.2. The summed E-state index contributed by atoms with van der Waals surface area (Å²) in [5.41, 5.74) is 2.29. The van der Waals surface area contributed by atoms with E-state index < -0.39 is 35.5 Å². The minimum absolute atomic E-state index is 0.0428. The molecule has 2 atom stereocenters. The van der Waals surface area contributed by atoms with Crippen LogP contribution in [0.3, 0.4) is 0 Å². The van der Waals surface area contributed by atoms with Gasteiger partial charge in [-0.05, 0) is 56.9 Å². The Hall–Kier alpha value is -4.08. The molecule has 40 heavy (non-hydrogen) atoms. The second-order valence-electron chi connectivity index (χ2n) is 11.3. The van der Waals surface area contributed by atoms with Crippen LogP contribution in [-0.2, 0) is 16.0 Å². The molecule has 2 aromatic carbocycles. The summed E-state index contributed by atoms with van der Waals surface area (Å²) >= 11 is 0. The van der Waals surface area contributed by atoms with E-state index in [2.05, 4.69) is 15.5 Å². The highest BCUT2D eigenvalue weighted by molar-refractivity contribution is 5.96. The summed E-state index contributed by atoms with van der Waals surface area (Å²) in [5.74, 6) is -1.38. The van der Waals surface area contributed by atoms with Crippen LogP contribution in [0.25, 0.3) is 0 Å². The van der Waals surface area contributed by atoms with E-state index in [-0.39, 0.29) is 31.1 Å². The summed E-state index contributed by atoms with van der Waals surface area (Å²) in [6, 6.07) is 13.0. The number of amides is 3. The third-order valence-corrected chi connectivity index (χ3v) is 7.29. The lowest BCUT2D eigenvalue weighted by atomic mass is 9.93. The summed E-state index contributed by atoms with van der Waals surface area (Å²) in [7, 11) is 0. The van der Waals surface area contributed by atoms with Crippen molar-refractivity contribution in [2.45, 2.75) is 57.7 Å². The van der Waals surface area contributed by atoms with E-state index in [1.54, 1.807) is 21.9 Å². The first-order valence-electron chi connectivity index (χ1n) is 13.6. The summed E-state index contributed by atoms with van der Waals surface area (Å²) < 4.78 is 20.7. The number of carbonyl (C=O) groups excluding carboxylic acids is 3. The van der Waals surface area contributed by atoms with E-state index in [1.165, 1.54) is 6.07 Å². The quantitative estimate of drug-likeness (QED) is 0.592. The van der Waals surface area contributed by atoms with Gasteiger partial charge in [0.05, 0.1) is 11.6 Å². The summed E-state index contributed by atoms with van der Waals surface area (Å²) in [6.07, 6.45) is 1.43. The molecule has 5 rings (SSSR count). The molecule has 210 valence electrons. The van der Waals surface area contributed by atoms with Crippen molar-refractivity contribution in [3.63, 3.8) is 0 Å². The molecule has 10 heteroatoms. The average molecular weight is 548 g/mol. The predicted octanol–water partition coefficient (Wildman–Crippen LogP) is 4.80. The highest BCUT2D eigenvalue weighted by Crippen LogP contribution is 2.30. The smallest absolute Gasteiger partial charge is 0.410 e. The largest absolute Gasteiger partial charge is 0.444 e. The molecular formula is C30H34FN5O4. The molecule has 1 fully saturated rings. The Labute approximate surface area is 233 Å². The fourth-order valence-corrected chi connectivity index (χ4v) is 5.37. The zero-order valence-electron chi connectivity index (χ0n) is 23.0.